The molecular weight excluding hydrogens is 313 g/mol. The molecule has 4 nitrogen and oxygen atoms in total. The summed E-state index contributed by atoms with van der Waals surface area (Å²) in [7, 11) is 1.65. The zero-order valence-electron chi connectivity index (χ0n) is 10.8. The van der Waals surface area contributed by atoms with Gasteiger partial charge in [-0.25, -0.2) is 9.37 Å². The molecule has 0 aliphatic heterocycles. The van der Waals surface area contributed by atoms with Gasteiger partial charge in [0, 0.05) is 31.7 Å². The van der Waals surface area contributed by atoms with E-state index in [1.54, 1.807) is 19.4 Å². The van der Waals surface area contributed by atoms with Crippen molar-refractivity contribution in [2.45, 2.75) is 13.5 Å². The third kappa shape index (κ3) is 3.33. The Labute approximate surface area is 119 Å². The average Bonchev–Trinajstić information content (AvgIpc) is 2.81. The third-order valence-corrected chi connectivity index (χ3v) is 3.37. The highest BCUT2D eigenvalue weighted by Crippen LogP contribution is 2.26. The van der Waals surface area contributed by atoms with Crippen LogP contribution in [0.2, 0.25) is 0 Å². The summed E-state index contributed by atoms with van der Waals surface area (Å²) >= 11 is 3.17. The molecule has 102 valence electrons. The van der Waals surface area contributed by atoms with Gasteiger partial charge >= 0.3 is 0 Å². The number of benzene rings is 1. The van der Waals surface area contributed by atoms with Crippen molar-refractivity contribution in [1.29, 1.82) is 0 Å². The first-order valence-corrected chi connectivity index (χ1v) is 6.64. The molecule has 0 unspecified atom stereocenters. The van der Waals surface area contributed by atoms with E-state index in [1.807, 2.05) is 17.7 Å². The summed E-state index contributed by atoms with van der Waals surface area (Å²) in [6.07, 6.45) is 3.55. The number of aromatic nitrogens is 2. The van der Waals surface area contributed by atoms with Crippen LogP contribution in [0.3, 0.4) is 0 Å². The fraction of sp³-hybridized carbons (Fsp3) is 0.308. The van der Waals surface area contributed by atoms with Gasteiger partial charge in [-0.15, -0.1) is 0 Å². The van der Waals surface area contributed by atoms with Gasteiger partial charge in [0.2, 0.25) is 5.95 Å². The topological polar surface area (TPSA) is 39.1 Å². The first kappa shape index (κ1) is 14.0. The van der Waals surface area contributed by atoms with E-state index in [4.69, 9.17) is 4.74 Å². The van der Waals surface area contributed by atoms with Gasteiger partial charge in [-0.1, -0.05) is 0 Å². The number of aryl methyl sites for hydroxylation is 1. The first-order chi connectivity index (χ1) is 9.11. The van der Waals surface area contributed by atoms with Crippen molar-refractivity contribution in [3.05, 3.63) is 40.4 Å². The van der Waals surface area contributed by atoms with Crippen LogP contribution >= 0.6 is 15.9 Å². The Bertz CT molecular complexity index is 571. The second kappa shape index (κ2) is 6.16. The standard InChI is InChI=1S/C13H15BrFN3O/c1-9-7-10(14)11(15)8-12(9)17-13-16-3-4-18(13)5-6-19-2/h3-4,7-8H,5-6H2,1-2H3,(H,16,17). The highest BCUT2D eigenvalue weighted by atomic mass is 79.9. The summed E-state index contributed by atoms with van der Waals surface area (Å²) in [6, 6.07) is 3.19. The number of ether oxygens (including phenoxy) is 1. The number of nitrogens with one attached hydrogen (secondary N) is 1. The predicted octanol–water partition coefficient (Wildman–Crippen LogP) is 3.48. The Hall–Kier alpha value is -1.40. The van der Waals surface area contributed by atoms with Crippen LogP contribution in [0.4, 0.5) is 16.0 Å². The summed E-state index contributed by atoms with van der Waals surface area (Å²) in [5.41, 5.74) is 1.64. The van der Waals surface area contributed by atoms with Gasteiger partial charge in [-0.2, -0.15) is 0 Å². The van der Waals surface area contributed by atoms with Gasteiger partial charge in [-0.05, 0) is 40.5 Å². The number of hydrogen-bond acceptors (Lipinski definition) is 3. The molecule has 19 heavy (non-hydrogen) atoms. The lowest BCUT2D eigenvalue weighted by Crippen LogP contribution is -2.08. The van der Waals surface area contributed by atoms with Crippen LogP contribution in [0, 0.1) is 12.7 Å². The van der Waals surface area contributed by atoms with E-state index in [-0.39, 0.29) is 5.82 Å². The lowest BCUT2D eigenvalue weighted by molar-refractivity contribution is 0.188. The van der Waals surface area contributed by atoms with Crippen molar-refractivity contribution < 1.29 is 9.13 Å². The molecule has 0 aliphatic carbocycles. The molecule has 1 heterocycles. The molecule has 0 radical (unpaired) electrons. The Balaban J connectivity index is 2.21. The van der Waals surface area contributed by atoms with Crippen molar-refractivity contribution >= 4 is 27.6 Å². The van der Waals surface area contributed by atoms with Crippen molar-refractivity contribution in [2.24, 2.45) is 0 Å². The minimum absolute atomic E-state index is 0.303. The predicted molar refractivity (Wildman–Crippen MR) is 76.2 cm³/mol. The maximum Gasteiger partial charge on any atom is 0.207 e. The molecule has 0 bridgehead atoms. The molecule has 2 aromatic rings. The molecule has 1 aromatic heterocycles. The van der Waals surface area contributed by atoms with Crippen molar-refractivity contribution in [1.82, 2.24) is 9.55 Å². The van der Waals surface area contributed by atoms with Crippen LogP contribution in [0.25, 0.3) is 0 Å². The van der Waals surface area contributed by atoms with Crippen LogP contribution in [0.15, 0.2) is 29.0 Å². The molecule has 2 rings (SSSR count). The molecule has 6 heteroatoms. The number of nitrogens with zero attached hydrogens (tertiary/aromatic N) is 2. The minimum Gasteiger partial charge on any atom is -0.383 e. The number of hydrogen-bond donors (Lipinski definition) is 1. The molecule has 0 saturated heterocycles. The maximum atomic E-state index is 13.6. The summed E-state index contributed by atoms with van der Waals surface area (Å²) in [4.78, 5) is 4.22. The molecule has 1 aromatic carbocycles. The fourth-order valence-corrected chi connectivity index (χ4v) is 2.16. The van der Waals surface area contributed by atoms with Crippen molar-refractivity contribution in [3.63, 3.8) is 0 Å². The van der Waals surface area contributed by atoms with E-state index in [0.717, 1.165) is 5.56 Å². The van der Waals surface area contributed by atoms with Gasteiger partial charge in [0.1, 0.15) is 5.82 Å². The highest BCUT2D eigenvalue weighted by Gasteiger charge is 2.08. The molecular formula is C13H15BrFN3O. The van der Waals surface area contributed by atoms with Gasteiger partial charge in [-0.3, -0.25) is 0 Å². The second-order valence-electron chi connectivity index (χ2n) is 4.14. The molecule has 0 fully saturated rings. The lowest BCUT2D eigenvalue weighted by Gasteiger charge is -2.12. The van der Waals surface area contributed by atoms with Crippen LogP contribution < -0.4 is 5.32 Å². The smallest absolute Gasteiger partial charge is 0.207 e. The minimum atomic E-state index is -0.303. The largest absolute Gasteiger partial charge is 0.383 e. The average molecular weight is 328 g/mol. The third-order valence-electron chi connectivity index (χ3n) is 2.77. The maximum absolute atomic E-state index is 13.6. The Morgan fingerprint density at radius 2 is 2.26 bits per heavy atom. The molecule has 0 saturated carbocycles. The van der Waals surface area contributed by atoms with E-state index in [2.05, 4.69) is 26.2 Å². The SMILES string of the molecule is COCCn1ccnc1Nc1cc(F)c(Br)cc1C. The van der Waals surface area contributed by atoms with Gasteiger partial charge in [0.05, 0.1) is 11.1 Å². The number of methoxy groups -OCH3 is 1. The Kier molecular flexibility index (Phi) is 4.55. The van der Waals surface area contributed by atoms with E-state index in [1.165, 1.54) is 6.07 Å². The molecule has 0 spiro atoms. The van der Waals surface area contributed by atoms with Crippen molar-refractivity contribution in [3.8, 4) is 0 Å². The molecule has 0 aliphatic rings. The Morgan fingerprint density at radius 1 is 1.47 bits per heavy atom. The molecule has 0 amide bonds. The van der Waals surface area contributed by atoms with E-state index in [9.17, 15) is 4.39 Å². The monoisotopic (exact) mass is 327 g/mol. The molecule has 0 atom stereocenters. The van der Waals surface area contributed by atoms with Gasteiger partial charge in [0.15, 0.2) is 0 Å². The number of halogens is 2. The first-order valence-electron chi connectivity index (χ1n) is 5.84. The zero-order chi connectivity index (χ0) is 13.8. The fourth-order valence-electron chi connectivity index (χ4n) is 1.70. The lowest BCUT2D eigenvalue weighted by atomic mass is 10.2. The van der Waals surface area contributed by atoms with Crippen LogP contribution in [-0.4, -0.2) is 23.3 Å². The summed E-state index contributed by atoms with van der Waals surface area (Å²) in [5.74, 6) is 0.366. The van der Waals surface area contributed by atoms with Gasteiger partial charge < -0.3 is 14.6 Å². The van der Waals surface area contributed by atoms with E-state index >= 15 is 0 Å². The number of imidazole rings is 1. The quantitative estimate of drug-likeness (QED) is 0.913. The highest BCUT2D eigenvalue weighted by molar-refractivity contribution is 9.10. The summed E-state index contributed by atoms with van der Waals surface area (Å²) < 4.78 is 21.0. The van der Waals surface area contributed by atoms with E-state index < -0.39 is 0 Å². The summed E-state index contributed by atoms with van der Waals surface area (Å²) in [6.45, 7) is 3.20. The number of anilines is 2. The summed E-state index contributed by atoms with van der Waals surface area (Å²) in [5, 5.41) is 3.13. The normalized spacial score (nSPS) is 10.7. The number of rotatable bonds is 5. The van der Waals surface area contributed by atoms with Crippen LogP contribution in [0.1, 0.15) is 5.56 Å². The Morgan fingerprint density at radius 3 is 3.00 bits per heavy atom. The van der Waals surface area contributed by atoms with Crippen LogP contribution in [-0.2, 0) is 11.3 Å². The van der Waals surface area contributed by atoms with Crippen LogP contribution in [0.5, 0.6) is 0 Å². The zero-order valence-corrected chi connectivity index (χ0v) is 12.4. The molecule has 1 N–H and O–H groups in total. The van der Waals surface area contributed by atoms with Gasteiger partial charge in [0.25, 0.3) is 0 Å². The second-order valence-corrected chi connectivity index (χ2v) is 5.00. The van der Waals surface area contributed by atoms with Crippen molar-refractivity contribution in [2.75, 3.05) is 19.0 Å². The van der Waals surface area contributed by atoms with E-state index in [0.29, 0.717) is 29.3 Å².